The SMILES string of the molecule is CCc1nnsc1C(=O)NC1CCN(c2ccc(F)cc2)CC1. The molecule has 1 N–H and O–H groups in total. The van der Waals surface area contributed by atoms with E-state index in [2.05, 4.69) is 19.8 Å². The molecule has 1 aliphatic rings. The molecule has 3 rings (SSSR count). The minimum absolute atomic E-state index is 0.0721. The monoisotopic (exact) mass is 334 g/mol. The lowest BCUT2D eigenvalue weighted by molar-refractivity contribution is 0.0934. The van der Waals surface area contributed by atoms with E-state index in [4.69, 9.17) is 0 Å². The Morgan fingerprint density at radius 1 is 1.35 bits per heavy atom. The quantitative estimate of drug-likeness (QED) is 0.934. The van der Waals surface area contributed by atoms with Gasteiger partial charge in [0.15, 0.2) is 0 Å². The van der Waals surface area contributed by atoms with Crippen LogP contribution in [0.25, 0.3) is 0 Å². The molecule has 23 heavy (non-hydrogen) atoms. The van der Waals surface area contributed by atoms with Crippen LogP contribution in [-0.2, 0) is 6.42 Å². The molecule has 0 spiro atoms. The molecule has 1 amide bonds. The predicted octanol–water partition coefficient (Wildman–Crippen LogP) is 2.64. The van der Waals surface area contributed by atoms with Crippen LogP contribution in [0.5, 0.6) is 0 Å². The number of rotatable bonds is 4. The van der Waals surface area contributed by atoms with Crippen molar-refractivity contribution in [1.29, 1.82) is 0 Å². The molecule has 0 aliphatic carbocycles. The van der Waals surface area contributed by atoms with Gasteiger partial charge in [0.25, 0.3) is 5.91 Å². The summed E-state index contributed by atoms with van der Waals surface area (Å²) in [5.74, 6) is -0.294. The van der Waals surface area contributed by atoms with E-state index in [1.807, 2.05) is 6.92 Å². The lowest BCUT2D eigenvalue weighted by Gasteiger charge is -2.33. The lowest BCUT2D eigenvalue weighted by Crippen LogP contribution is -2.44. The molecule has 0 atom stereocenters. The van der Waals surface area contributed by atoms with Crippen LogP contribution in [-0.4, -0.2) is 34.6 Å². The third-order valence-electron chi connectivity index (χ3n) is 4.12. The number of aromatic nitrogens is 2. The molecule has 2 heterocycles. The Morgan fingerprint density at radius 3 is 2.70 bits per heavy atom. The first-order chi connectivity index (χ1) is 11.2. The first-order valence-electron chi connectivity index (χ1n) is 7.80. The Labute approximate surface area is 138 Å². The smallest absolute Gasteiger partial charge is 0.265 e. The molecule has 1 fully saturated rings. The second kappa shape index (κ2) is 7.04. The summed E-state index contributed by atoms with van der Waals surface area (Å²) in [6, 6.07) is 6.71. The van der Waals surface area contributed by atoms with Gasteiger partial charge in [-0.25, -0.2) is 4.39 Å². The average Bonchev–Trinajstić information content (AvgIpc) is 3.05. The zero-order valence-corrected chi connectivity index (χ0v) is 13.8. The van der Waals surface area contributed by atoms with Crippen LogP contribution in [0, 0.1) is 5.82 Å². The first-order valence-corrected chi connectivity index (χ1v) is 8.57. The summed E-state index contributed by atoms with van der Waals surface area (Å²) in [6.45, 7) is 3.66. The Bertz CT molecular complexity index is 665. The Morgan fingerprint density at radius 2 is 2.04 bits per heavy atom. The minimum Gasteiger partial charge on any atom is -0.371 e. The van der Waals surface area contributed by atoms with Crippen LogP contribution in [0.4, 0.5) is 10.1 Å². The van der Waals surface area contributed by atoms with E-state index < -0.39 is 0 Å². The van der Waals surface area contributed by atoms with Gasteiger partial charge in [-0.15, -0.1) is 5.10 Å². The van der Waals surface area contributed by atoms with E-state index >= 15 is 0 Å². The molecule has 5 nitrogen and oxygen atoms in total. The van der Waals surface area contributed by atoms with Crippen LogP contribution < -0.4 is 10.2 Å². The molecule has 1 aliphatic heterocycles. The van der Waals surface area contributed by atoms with E-state index in [0.717, 1.165) is 48.8 Å². The van der Waals surface area contributed by atoms with Gasteiger partial charge in [0, 0.05) is 24.8 Å². The number of amides is 1. The first kappa shape index (κ1) is 15.9. The van der Waals surface area contributed by atoms with Crippen molar-refractivity contribution >= 4 is 23.1 Å². The van der Waals surface area contributed by atoms with E-state index in [1.165, 1.54) is 12.1 Å². The average molecular weight is 334 g/mol. The highest BCUT2D eigenvalue weighted by Gasteiger charge is 2.23. The van der Waals surface area contributed by atoms with Crippen molar-refractivity contribution in [3.05, 3.63) is 40.7 Å². The van der Waals surface area contributed by atoms with Crippen LogP contribution in [0.15, 0.2) is 24.3 Å². The maximum Gasteiger partial charge on any atom is 0.265 e. The normalized spacial score (nSPS) is 15.7. The van der Waals surface area contributed by atoms with Crippen molar-refractivity contribution in [2.45, 2.75) is 32.2 Å². The third kappa shape index (κ3) is 3.67. The van der Waals surface area contributed by atoms with Gasteiger partial charge in [-0.1, -0.05) is 11.4 Å². The number of anilines is 1. The van der Waals surface area contributed by atoms with Crippen LogP contribution >= 0.6 is 11.5 Å². The molecule has 1 aromatic carbocycles. The summed E-state index contributed by atoms with van der Waals surface area (Å²) < 4.78 is 16.8. The second-order valence-corrected chi connectivity index (χ2v) is 6.37. The lowest BCUT2D eigenvalue weighted by atomic mass is 10.0. The number of hydrogen-bond donors (Lipinski definition) is 1. The highest BCUT2D eigenvalue weighted by Crippen LogP contribution is 2.21. The van der Waals surface area contributed by atoms with Crippen molar-refractivity contribution in [1.82, 2.24) is 14.9 Å². The van der Waals surface area contributed by atoms with Gasteiger partial charge in [0.2, 0.25) is 0 Å². The van der Waals surface area contributed by atoms with Crippen LogP contribution in [0.3, 0.4) is 0 Å². The molecule has 122 valence electrons. The summed E-state index contributed by atoms with van der Waals surface area (Å²) in [6.07, 6.45) is 2.45. The fourth-order valence-electron chi connectivity index (χ4n) is 2.80. The van der Waals surface area contributed by atoms with Crippen molar-refractivity contribution in [2.24, 2.45) is 0 Å². The van der Waals surface area contributed by atoms with E-state index in [1.54, 1.807) is 12.1 Å². The zero-order chi connectivity index (χ0) is 16.2. The van der Waals surface area contributed by atoms with E-state index in [9.17, 15) is 9.18 Å². The Hall–Kier alpha value is -2.02. The van der Waals surface area contributed by atoms with Gasteiger partial charge >= 0.3 is 0 Å². The van der Waals surface area contributed by atoms with Crippen molar-refractivity contribution < 1.29 is 9.18 Å². The van der Waals surface area contributed by atoms with E-state index in [-0.39, 0.29) is 17.8 Å². The molecule has 0 saturated carbocycles. The summed E-state index contributed by atoms with van der Waals surface area (Å²) in [4.78, 5) is 15.1. The minimum atomic E-state index is -0.221. The van der Waals surface area contributed by atoms with Gasteiger partial charge in [-0.2, -0.15) is 0 Å². The van der Waals surface area contributed by atoms with Gasteiger partial charge < -0.3 is 10.2 Å². The maximum atomic E-state index is 13.0. The standard InChI is InChI=1S/C16H19FN4OS/c1-2-14-15(23-20-19-14)16(22)18-12-7-9-21(10-8-12)13-5-3-11(17)4-6-13/h3-6,12H,2,7-10H2,1H3,(H,18,22). The summed E-state index contributed by atoms with van der Waals surface area (Å²) in [5, 5.41) is 7.06. The number of carbonyl (C=O) groups excluding carboxylic acids is 1. The molecule has 1 aromatic heterocycles. The summed E-state index contributed by atoms with van der Waals surface area (Å²) in [5.41, 5.74) is 1.78. The zero-order valence-electron chi connectivity index (χ0n) is 13.0. The maximum absolute atomic E-state index is 13.0. The van der Waals surface area contributed by atoms with Crippen LogP contribution in [0.2, 0.25) is 0 Å². The van der Waals surface area contributed by atoms with E-state index in [0.29, 0.717) is 11.3 Å². The number of benzene rings is 1. The topological polar surface area (TPSA) is 58.1 Å². The molecule has 0 unspecified atom stereocenters. The Kier molecular flexibility index (Phi) is 4.85. The second-order valence-electron chi connectivity index (χ2n) is 5.61. The molecule has 1 saturated heterocycles. The molecular formula is C16H19FN4OS. The number of piperidine rings is 1. The number of hydrogen-bond acceptors (Lipinski definition) is 5. The summed E-state index contributed by atoms with van der Waals surface area (Å²) in [7, 11) is 0. The number of nitrogens with zero attached hydrogens (tertiary/aromatic N) is 3. The van der Waals surface area contributed by atoms with Gasteiger partial charge in [-0.05, 0) is 55.1 Å². The fraction of sp³-hybridized carbons (Fsp3) is 0.438. The number of aryl methyl sites for hydroxylation is 1. The Balaban J connectivity index is 1.55. The van der Waals surface area contributed by atoms with Gasteiger partial charge in [0.05, 0.1) is 5.69 Å². The van der Waals surface area contributed by atoms with Crippen molar-refractivity contribution in [2.75, 3.05) is 18.0 Å². The highest BCUT2D eigenvalue weighted by atomic mass is 32.1. The number of halogens is 1. The largest absolute Gasteiger partial charge is 0.371 e. The predicted molar refractivity (Wildman–Crippen MR) is 88.4 cm³/mol. The van der Waals surface area contributed by atoms with Gasteiger partial charge in [0.1, 0.15) is 10.7 Å². The molecule has 0 bridgehead atoms. The highest BCUT2D eigenvalue weighted by molar-refractivity contribution is 7.08. The van der Waals surface area contributed by atoms with Crippen molar-refractivity contribution in [3.8, 4) is 0 Å². The number of carbonyl (C=O) groups is 1. The molecule has 7 heteroatoms. The fourth-order valence-corrected chi connectivity index (χ4v) is 3.45. The van der Waals surface area contributed by atoms with Crippen LogP contribution in [0.1, 0.15) is 35.1 Å². The molecule has 0 radical (unpaired) electrons. The molecule has 2 aromatic rings. The third-order valence-corrected chi connectivity index (χ3v) is 4.89. The number of nitrogens with one attached hydrogen (secondary N) is 1. The van der Waals surface area contributed by atoms with Crippen molar-refractivity contribution in [3.63, 3.8) is 0 Å². The summed E-state index contributed by atoms with van der Waals surface area (Å²) >= 11 is 1.15. The van der Waals surface area contributed by atoms with Gasteiger partial charge in [-0.3, -0.25) is 4.79 Å². The molecular weight excluding hydrogens is 315 g/mol.